The first-order valence-electron chi connectivity index (χ1n) is 7.03. The summed E-state index contributed by atoms with van der Waals surface area (Å²) in [7, 11) is 0. The van der Waals surface area contributed by atoms with Crippen LogP contribution in [0, 0.1) is 13.8 Å². The summed E-state index contributed by atoms with van der Waals surface area (Å²) in [5, 5.41) is 8.11. The maximum Gasteiger partial charge on any atom is 0.0369 e. The van der Waals surface area contributed by atoms with E-state index in [1.807, 2.05) is 0 Å². The number of thiophene rings is 1. The monoisotopic (exact) mass is 273 g/mol. The molecule has 1 nitrogen and oxygen atoms in total. The van der Waals surface area contributed by atoms with E-state index in [9.17, 15) is 0 Å². The van der Waals surface area contributed by atoms with Crippen molar-refractivity contribution in [1.82, 2.24) is 5.32 Å². The van der Waals surface area contributed by atoms with E-state index in [1.54, 1.807) is 11.3 Å². The van der Waals surface area contributed by atoms with E-state index in [4.69, 9.17) is 0 Å². The number of rotatable bonds is 6. The van der Waals surface area contributed by atoms with Crippen molar-refractivity contribution in [3.05, 3.63) is 57.3 Å². The summed E-state index contributed by atoms with van der Waals surface area (Å²) in [6.45, 7) is 7.72. The van der Waals surface area contributed by atoms with Crippen molar-refractivity contribution in [2.45, 2.75) is 39.7 Å². The summed E-state index contributed by atoms with van der Waals surface area (Å²) in [6.07, 6.45) is 2.25. The minimum absolute atomic E-state index is 0.436. The molecule has 0 aliphatic rings. The van der Waals surface area contributed by atoms with Crippen LogP contribution in [0.1, 0.15) is 41.6 Å². The highest BCUT2D eigenvalue weighted by molar-refractivity contribution is 7.07. The minimum atomic E-state index is 0.436. The Bertz CT molecular complexity index is 482. The van der Waals surface area contributed by atoms with Crippen LogP contribution in [-0.2, 0) is 6.42 Å². The van der Waals surface area contributed by atoms with Gasteiger partial charge < -0.3 is 5.32 Å². The van der Waals surface area contributed by atoms with Crippen molar-refractivity contribution < 1.29 is 0 Å². The fraction of sp³-hybridized carbons (Fsp3) is 0.412. The van der Waals surface area contributed by atoms with Gasteiger partial charge in [-0.3, -0.25) is 0 Å². The van der Waals surface area contributed by atoms with Crippen molar-refractivity contribution >= 4 is 11.3 Å². The van der Waals surface area contributed by atoms with Gasteiger partial charge in [-0.1, -0.05) is 25.1 Å². The van der Waals surface area contributed by atoms with E-state index in [-0.39, 0.29) is 0 Å². The molecule has 0 spiro atoms. The Hall–Kier alpha value is -1.12. The third kappa shape index (κ3) is 3.68. The number of hydrogen-bond acceptors (Lipinski definition) is 2. The van der Waals surface area contributed by atoms with Gasteiger partial charge in [0.25, 0.3) is 0 Å². The molecule has 0 saturated carbocycles. The van der Waals surface area contributed by atoms with E-state index >= 15 is 0 Å². The van der Waals surface area contributed by atoms with Crippen LogP contribution in [0.2, 0.25) is 0 Å². The molecule has 0 radical (unpaired) electrons. The zero-order chi connectivity index (χ0) is 13.7. The largest absolute Gasteiger partial charge is 0.310 e. The predicted molar refractivity (Wildman–Crippen MR) is 85.0 cm³/mol. The second kappa shape index (κ2) is 6.88. The van der Waals surface area contributed by atoms with Gasteiger partial charge in [-0.15, -0.1) is 0 Å². The van der Waals surface area contributed by atoms with Crippen LogP contribution in [0.3, 0.4) is 0 Å². The summed E-state index contributed by atoms with van der Waals surface area (Å²) in [4.78, 5) is 0. The Morgan fingerprint density at radius 3 is 2.47 bits per heavy atom. The second-order valence-electron chi connectivity index (χ2n) is 5.14. The number of benzene rings is 1. The Morgan fingerprint density at radius 1 is 1.16 bits per heavy atom. The van der Waals surface area contributed by atoms with Crippen molar-refractivity contribution in [2.75, 3.05) is 6.54 Å². The average molecular weight is 273 g/mol. The molecule has 0 bridgehead atoms. The summed E-state index contributed by atoms with van der Waals surface area (Å²) < 4.78 is 0. The average Bonchev–Trinajstić information content (AvgIpc) is 2.91. The van der Waals surface area contributed by atoms with Crippen LogP contribution in [0.15, 0.2) is 35.0 Å². The summed E-state index contributed by atoms with van der Waals surface area (Å²) >= 11 is 1.78. The molecule has 1 aromatic heterocycles. The molecule has 2 aromatic rings. The van der Waals surface area contributed by atoms with E-state index in [0.29, 0.717) is 6.04 Å². The molecule has 1 N–H and O–H groups in total. The molecule has 1 aromatic carbocycles. The predicted octanol–water partition coefficient (Wildman–Crippen LogP) is 4.65. The summed E-state index contributed by atoms with van der Waals surface area (Å²) in [5.41, 5.74) is 5.71. The smallest absolute Gasteiger partial charge is 0.0369 e. The Morgan fingerprint density at radius 2 is 1.89 bits per heavy atom. The molecule has 19 heavy (non-hydrogen) atoms. The number of aryl methyl sites for hydroxylation is 2. The molecule has 0 amide bonds. The van der Waals surface area contributed by atoms with Crippen LogP contribution in [-0.4, -0.2) is 6.54 Å². The Kier molecular flexibility index (Phi) is 5.17. The van der Waals surface area contributed by atoms with Gasteiger partial charge in [0.1, 0.15) is 0 Å². The molecule has 2 heteroatoms. The molecule has 0 aliphatic heterocycles. The van der Waals surface area contributed by atoms with Crippen LogP contribution < -0.4 is 5.32 Å². The molecule has 1 heterocycles. The highest BCUT2D eigenvalue weighted by Gasteiger charge is 2.14. The lowest BCUT2D eigenvalue weighted by Crippen LogP contribution is -2.24. The maximum atomic E-state index is 3.68. The highest BCUT2D eigenvalue weighted by Crippen LogP contribution is 2.24. The van der Waals surface area contributed by atoms with Gasteiger partial charge in [0.2, 0.25) is 0 Å². The van der Waals surface area contributed by atoms with Gasteiger partial charge in [0.05, 0.1) is 0 Å². The van der Waals surface area contributed by atoms with Gasteiger partial charge in [0, 0.05) is 6.04 Å². The lowest BCUT2D eigenvalue weighted by atomic mass is 9.94. The lowest BCUT2D eigenvalue weighted by molar-refractivity contribution is 0.529. The lowest BCUT2D eigenvalue weighted by Gasteiger charge is -2.20. The topological polar surface area (TPSA) is 12.0 Å². The number of nitrogens with one attached hydrogen (secondary N) is 1. The third-order valence-corrected chi connectivity index (χ3v) is 4.34. The zero-order valence-corrected chi connectivity index (χ0v) is 12.9. The molecule has 1 unspecified atom stereocenters. The summed E-state index contributed by atoms with van der Waals surface area (Å²) in [6, 6.07) is 9.25. The quantitative estimate of drug-likeness (QED) is 0.808. The van der Waals surface area contributed by atoms with Crippen LogP contribution in [0.25, 0.3) is 0 Å². The first kappa shape index (κ1) is 14.3. The van der Waals surface area contributed by atoms with Gasteiger partial charge in [-0.05, 0) is 72.3 Å². The Balaban J connectivity index is 2.20. The molecular weight excluding hydrogens is 250 g/mol. The SMILES string of the molecule is CCCNC(Cc1c(C)cccc1C)c1ccsc1. The van der Waals surface area contributed by atoms with Gasteiger partial charge >= 0.3 is 0 Å². The molecule has 0 fully saturated rings. The minimum Gasteiger partial charge on any atom is -0.310 e. The maximum absolute atomic E-state index is 3.68. The molecule has 102 valence electrons. The normalized spacial score (nSPS) is 12.6. The van der Waals surface area contributed by atoms with Gasteiger partial charge in [-0.25, -0.2) is 0 Å². The highest BCUT2D eigenvalue weighted by atomic mass is 32.1. The van der Waals surface area contributed by atoms with E-state index < -0.39 is 0 Å². The van der Waals surface area contributed by atoms with Gasteiger partial charge in [0.15, 0.2) is 0 Å². The van der Waals surface area contributed by atoms with Crippen molar-refractivity contribution in [1.29, 1.82) is 0 Å². The standard InChI is InChI=1S/C17H23NS/c1-4-9-18-17(15-8-10-19-12-15)11-16-13(2)6-5-7-14(16)3/h5-8,10,12,17-18H,4,9,11H2,1-3H3. The molecule has 1 atom stereocenters. The summed E-state index contributed by atoms with van der Waals surface area (Å²) in [5.74, 6) is 0. The van der Waals surface area contributed by atoms with Crippen molar-refractivity contribution in [3.8, 4) is 0 Å². The van der Waals surface area contributed by atoms with E-state index in [2.05, 4.69) is 61.1 Å². The molecule has 0 aliphatic carbocycles. The van der Waals surface area contributed by atoms with Crippen LogP contribution in [0.4, 0.5) is 0 Å². The van der Waals surface area contributed by atoms with Crippen LogP contribution in [0.5, 0.6) is 0 Å². The number of hydrogen-bond donors (Lipinski definition) is 1. The van der Waals surface area contributed by atoms with E-state index in [0.717, 1.165) is 13.0 Å². The fourth-order valence-electron chi connectivity index (χ4n) is 2.47. The third-order valence-electron chi connectivity index (χ3n) is 3.64. The van der Waals surface area contributed by atoms with Gasteiger partial charge in [-0.2, -0.15) is 11.3 Å². The first-order valence-corrected chi connectivity index (χ1v) is 7.97. The second-order valence-corrected chi connectivity index (χ2v) is 5.92. The van der Waals surface area contributed by atoms with Crippen LogP contribution >= 0.6 is 11.3 Å². The molecule has 2 rings (SSSR count). The Labute approximate surface area is 120 Å². The van der Waals surface area contributed by atoms with E-state index in [1.165, 1.54) is 28.7 Å². The molecule has 0 saturated heterocycles. The molecular formula is C17H23NS. The van der Waals surface area contributed by atoms with Crippen molar-refractivity contribution in [3.63, 3.8) is 0 Å². The van der Waals surface area contributed by atoms with Crippen molar-refractivity contribution in [2.24, 2.45) is 0 Å². The first-order chi connectivity index (χ1) is 9.22. The fourth-order valence-corrected chi connectivity index (χ4v) is 3.19. The zero-order valence-electron chi connectivity index (χ0n) is 12.1.